The van der Waals surface area contributed by atoms with E-state index in [2.05, 4.69) is 12.6 Å². The lowest BCUT2D eigenvalue weighted by molar-refractivity contribution is 0.268. The minimum atomic E-state index is -2.30. The highest BCUT2D eigenvalue weighted by atomic mass is 35.6. The van der Waals surface area contributed by atoms with Crippen LogP contribution in [0, 0.1) is 0 Å². The van der Waals surface area contributed by atoms with Crippen LogP contribution in [0.3, 0.4) is 0 Å². The van der Waals surface area contributed by atoms with Crippen molar-refractivity contribution in [1.82, 2.24) is 0 Å². The molecule has 0 aliphatic rings. The van der Waals surface area contributed by atoms with Crippen molar-refractivity contribution in [3.8, 4) is 0 Å². The number of halogens is 1. The first-order chi connectivity index (χ1) is 4.18. The molecule has 9 heavy (non-hydrogen) atoms. The normalized spacial score (nSPS) is 12.0. The van der Waals surface area contributed by atoms with Crippen LogP contribution in [0.5, 0.6) is 0 Å². The van der Waals surface area contributed by atoms with Crippen LogP contribution in [0.1, 0.15) is 0 Å². The third-order valence-corrected chi connectivity index (χ3v) is 5.22. The van der Waals surface area contributed by atoms with Gasteiger partial charge in [0, 0.05) is 20.3 Å². The number of hydrogen-bond acceptors (Lipinski definition) is 3. The molecule has 0 N–H and O–H groups in total. The maximum absolute atomic E-state index is 5.85. The van der Waals surface area contributed by atoms with Gasteiger partial charge in [0.2, 0.25) is 0 Å². The SMILES string of the molecule is CO[Si](Cl)(CCS)OC. The zero-order valence-electron chi connectivity index (χ0n) is 5.56. The quantitative estimate of drug-likeness (QED) is 0.407. The second-order valence-corrected chi connectivity index (χ2v) is 6.35. The van der Waals surface area contributed by atoms with Gasteiger partial charge in [0.25, 0.3) is 0 Å². The molecular weight excluding hydrogens is 176 g/mol. The minimum absolute atomic E-state index is 0.706. The minimum Gasteiger partial charge on any atom is -0.386 e. The molecule has 5 heteroatoms. The van der Waals surface area contributed by atoms with Gasteiger partial charge in [-0.3, -0.25) is 0 Å². The molecule has 0 aliphatic carbocycles. The van der Waals surface area contributed by atoms with Gasteiger partial charge in [-0.2, -0.15) is 12.6 Å². The Bertz CT molecular complexity index is 79.0. The van der Waals surface area contributed by atoms with E-state index in [9.17, 15) is 0 Å². The van der Waals surface area contributed by atoms with Gasteiger partial charge in [-0.25, -0.2) is 0 Å². The summed E-state index contributed by atoms with van der Waals surface area (Å²) in [5.41, 5.74) is 0. The molecule has 0 saturated heterocycles. The molecule has 2 nitrogen and oxygen atoms in total. The highest BCUT2D eigenvalue weighted by molar-refractivity contribution is 7.80. The largest absolute Gasteiger partial charge is 0.443 e. The van der Waals surface area contributed by atoms with Crippen molar-refractivity contribution in [2.45, 2.75) is 6.04 Å². The van der Waals surface area contributed by atoms with Crippen molar-refractivity contribution < 1.29 is 8.85 Å². The molecule has 0 aliphatic heterocycles. The molecule has 0 heterocycles. The van der Waals surface area contributed by atoms with E-state index < -0.39 is 7.87 Å². The van der Waals surface area contributed by atoms with Crippen LogP contribution in [-0.2, 0) is 8.85 Å². The van der Waals surface area contributed by atoms with Crippen molar-refractivity contribution in [2.75, 3.05) is 20.0 Å². The lowest BCUT2D eigenvalue weighted by atomic mass is 11.0. The van der Waals surface area contributed by atoms with Crippen LogP contribution in [-0.4, -0.2) is 27.8 Å². The van der Waals surface area contributed by atoms with Gasteiger partial charge in [0.05, 0.1) is 0 Å². The van der Waals surface area contributed by atoms with Crippen molar-refractivity contribution in [3.05, 3.63) is 0 Å². The highest BCUT2D eigenvalue weighted by Gasteiger charge is 2.31. The molecular formula is C4H11ClO2SSi. The Labute approximate surface area is 66.9 Å². The van der Waals surface area contributed by atoms with E-state index >= 15 is 0 Å². The fourth-order valence-electron chi connectivity index (χ4n) is 0.421. The van der Waals surface area contributed by atoms with Gasteiger partial charge in [-0.1, -0.05) is 11.1 Å². The zero-order chi connectivity index (χ0) is 7.33. The van der Waals surface area contributed by atoms with Crippen LogP contribution in [0.2, 0.25) is 6.04 Å². The number of hydrogen-bond donors (Lipinski definition) is 1. The maximum atomic E-state index is 5.85. The summed E-state index contributed by atoms with van der Waals surface area (Å²) < 4.78 is 9.92. The fraction of sp³-hybridized carbons (Fsp3) is 1.00. The second-order valence-electron chi connectivity index (χ2n) is 1.54. The summed E-state index contributed by atoms with van der Waals surface area (Å²) >= 11 is 9.87. The van der Waals surface area contributed by atoms with Gasteiger partial charge in [-0.15, -0.1) is 0 Å². The van der Waals surface area contributed by atoms with E-state index in [0.717, 1.165) is 0 Å². The Morgan fingerprint density at radius 1 is 1.44 bits per heavy atom. The molecule has 0 rings (SSSR count). The molecule has 0 aromatic rings. The molecule has 0 atom stereocenters. The third kappa shape index (κ3) is 3.47. The average molecular weight is 187 g/mol. The smallest absolute Gasteiger partial charge is 0.386 e. The van der Waals surface area contributed by atoms with E-state index in [0.29, 0.717) is 11.8 Å². The fourth-order valence-corrected chi connectivity index (χ4v) is 2.82. The molecule has 0 radical (unpaired) electrons. The first-order valence-corrected chi connectivity index (χ1v) is 6.25. The summed E-state index contributed by atoms with van der Waals surface area (Å²) in [5.74, 6) is 0.706. The Hall–Kier alpha value is 0.777. The monoisotopic (exact) mass is 186 g/mol. The van der Waals surface area contributed by atoms with Crippen molar-refractivity contribution >= 4 is 31.6 Å². The van der Waals surface area contributed by atoms with Crippen molar-refractivity contribution in [1.29, 1.82) is 0 Å². The number of rotatable bonds is 4. The highest BCUT2D eigenvalue weighted by Crippen LogP contribution is 2.16. The van der Waals surface area contributed by atoms with Gasteiger partial charge >= 0.3 is 7.87 Å². The molecule has 0 aromatic heterocycles. The lowest BCUT2D eigenvalue weighted by Gasteiger charge is -2.17. The van der Waals surface area contributed by atoms with Crippen molar-refractivity contribution in [2.24, 2.45) is 0 Å². The lowest BCUT2D eigenvalue weighted by Crippen LogP contribution is -2.33. The van der Waals surface area contributed by atoms with E-state index in [4.69, 9.17) is 19.9 Å². The van der Waals surface area contributed by atoms with E-state index in [1.165, 1.54) is 0 Å². The topological polar surface area (TPSA) is 18.5 Å². The summed E-state index contributed by atoms with van der Waals surface area (Å²) in [7, 11) is 0.822. The molecule has 0 spiro atoms. The first kappa shape index (κ1) is 9.78. The molecule has 0 saturated carbocycles. The Morgan fingerprint density at radius 3 is 2.00 bits per heavy atom. The van der Waals surface area contributed by atoms with Crippen LogP contribution in [0.4, 0.5) is 0 Å². The summed E-state index contributed by atoms with van der Waals surface area (Å²) in [6.07, 6.45) is 0. The Morgan fingerprint density at radius 2 is 1.89 bits per heavy atom. The molecule has 0 bridgehead atoms. The van der Waals surface area contributed by atoms with Gasteiger partial charge < -0.3 is 8.85 Å². The molecule has 0 aromatic carbocycles. The zero-order valence-corrected chi connectivity index (χ0v) is 8.21. The molecule has 0 fully saturated rings. The van der Waals surface area contributed by atoms with Crippen LogP contribution in [0.15, 0.2) is 0 Å². The summed E-state index contributed by atoms with van der Waals surface area (Å²) in [4.78, 5) is 0. The van der Waals surface area contributed by atoms with Crippen LogP contribution >= 0.6 is 23.7 Å². The van der Waals surface area contributed by atoms with E-state index in [1.54, 1.807) is 14.2 Å². The van der Waals surface area contributed by atoms with Gasteiger partial charge in [0.15, 0.2) is 0 Å². The molecule has 56 valence electrons. The Balaban J connectivity index is 3.62. The third-order valence-electron chi connectivity index (χ3n) is 1.02. The second kappa shape index (κ2) is 4.57. The van der Waals surface area contributed by atoms with E-state index in [1.807, 2.05) is 0 Å². The van der Waals surface area contributed by atoms with Crippen LogP contribution in [0.25, 0.3) is 0 Å². The first-order valence-electron chi connectivity index (χ1n) is 2.58. The molecule has 0 unspecified atom stereocenters. The maximum Gasteiger partial charge on any atom is 0.443 e. The standard InChI is InChI=1S/C4H11ClO2SSi/c1-6-9(5,7-2)4-3-8/h8H,3-4H2,1-2H3. The van der Waals surface area contributed by atoms with Crippen molar-refractivity contribution in [3.63, 3.8) is 0 Å². The summed E-state index contributed by atoms with van der Waals surface area (Å²) in [6, 6.07) is 0.713. The molecule has 0 amide bonds. The summed E-state index contributed by atoms with van der Waals surface area (Å²) in [5, 5.41) is 0. The van der Waals surface area contributed by atoms with E-state index in [-0.39, 0.29) is 0 Å². The summed E-state index contributed by atoms with van der Waals surface area (Å²) in [6.45, 7) is 0. The predicted octanol–water partition coefficient (Wildman–Crippen LogP) is 1.39. The van der Waals surface area contributed by atoms with Crippen LogP contribution < -0.4 is 0 Å². The average Bonchev–Trinajstić information content (AvgIpc) is 1.89. The van der Waals surface area contributed by atoms with Gasteiger partial charge in [-0.05, 0) is 5.75 Å². The Kier molecular flexibility index (Phi) is 4.97. The van der Waals surface area contributed by atoms with Gasteiger partial charge in [0.1, 0.15) is 0 Å². The number of thiol groups is 1. The predicted molar refractivity (Wildman–Crippen MR) is 44.3 cm³/mol.